The van der Waals surface area contributed by atoms with Gasteiger partial charge in [0.25, 0.3) is 0 Å². The first-order valence-electron chi connectivity index (χ1n) is 8.99. The van der Waals surface area contributed by atoms with Crippen molar-refractivity contribution in [3.05, 3.63) is 56.9 Å². The fourth-order valence-corrected chi connectivity index (χ4v) is 3.74. The Balaban J connectivity index is 1.71. The summed E-state index contributed by atoms with van der Waals surface area (Å²) in [5.41, 5.74) is 1.81. The average molecular weight is 421 g/mol. The van der Waals surface area contributed by atoms with E-state index in [2.05, 4.69) is 38.1 Å². The minimum Gasteiger partial charge on any atom is -0.494 e. The molecule has 2 aromatic carbocycles. The number of hydrogen-bond acceptors (Lipinski definition) is 4. The van der Waals surface area contributed by atoms with E-state index in [1.54, 1.807) is 16.7 Å². The van der Waals surface area contributed by atoms with Crippen molar-refractivity contribution in [1.82, 2.24) is 4.57 Å². The number of aromatic hydroxyl groups is 1. The molecular weight excluding hydrogens is 399 g/mol. The molecule has 0 aliphatic carbocycles. The topological polar surface area (TPSA) is 63.8 Å². The molecule has 3 rings (SSSR count). The molecule has 0 aliphatic heterocycles. The van der Waals surface area contributed by atoms with E-state index >= 15 is 0 Å². The smallest absolute Gasteiger partial charge is 0.222 e. The predicted octanol–water partition coefficient (Wildman–Crippen LogP) is 6.82. The maximum Gasteiger partial charge on any atom is 0.222 e. The van der Waals surface area contributed by atoms with Gasteiger partial charge in [-0.25, -0.2) is 0 Å². The summed E-state index contributed by atoms with van der Waals surface area (Å²) in [7, 11) is 0. The maximum absolute atomic E-state index is 11.2. The molecule has 0 saturated heterocycles. The second kappa shape index (κ2) is 8.02. The van der Waals surface area contributed by atoms with Gasteiger partial charge in [0, 0.05) is 17.0 Å². The Hall–Kier alpha value is -2.24. The third kappa shape index (κ3) is 4.10. The number of aryl methyl sites for hydroxylation is 1. The van der Waals surface area contributed by atoms with Crippen molar-refractivity contribution in [1.29, 1.82) is 0 Å². The van der Waals surface area contributed by atoms with Gasteiger partial charge >= 0.3 is 0 Å². The predicted molar refractivity (Wildman–Crippen MR) is 114 cm³/mol. The number of ether oxygens (including phenoxy) is 1. The molecule has 0 aliphatic rings. The molecular formula is C21H22Cl2N2O3. The minimum atomic E-state index is -0.219. The highest BCUT2D eigenvalue weighted by molar-refractivity contribution is 6.39. The molecule has 148 valence electrons. The average Bonchev–Trinajstić information content (AvgIpc) is 2.89. The molecule has 28 heavy (non-hydrogen) atoms. The summed E-state index contributed by atoms with van der Waals surface area (Å²) in [6.45, 7) is 7.36. The van der Waals surface area contributed by atoms with Crippen LogP contribution in [0.15, 0.2) is 41.6 Å². The molecule has 0 amide bonds. The van der Waals surface area contributed by atoms with Gasteiger partial charge in [-0.3, -0.25) is 0 Å². The van der Waals surface area contributed by atoms with Gasteiger partial charge in [-0.05, 0) is 46.8 Å². The first kappa shape index (κ1) is 20.5. The van der Waals surface area contributed by atoms with E-state index in [1.807, 2.05) is 12.1 Å². The van der Waals surface area contributed by atoms with Crippen LogP contribution in [0.1, 0.15) is 32.8 Å². The van der Waals surface area contributed by atoms with Crippen molar-refractivity contribution >= 4 is 39.8 Å². The highest BCUT2D eigenvalue weighted by atomic mass is 35.5. The van der Waals surface area contributed by atoms with Crippen LogP contribution < -0.4 is 4.74 Å². The quantitative estimate of drug-likeness (QED) is 0.351. The van der Waals surface area contributed by atoms with E-state index in [0.29, 0.717) is 40.5 Å². The Bertz CT molecular complexity index is 1010. The SMILES string of the molecule is CC(C)(C)c1ccc(OCCCn2c(O)c(N=O)c3cc(Cl)cc(Cl)c32)cc1. The van der Waals surface area contributed by atoms with Gasteiger partial charge in [0.1, 0.15) is 5.75 Å². The fraction of sp³-hybridized carbons (Fsp3) is 0.333. The Morgan fingerprint density at radius 2 is 1.82 bits per heavy atom. The second-order valence-corrected chi connectivity index (χ2v) is 8.52. The molecule has 1 heterocycles. The zero-order valence-electron chi connectivity index (χ0n) is 16.0. The number of nitroso groups, excluding NO2 is 1. The minimum absolute atomic E-state index is 0.0573. The Morgan fingerprint density at radius 3 is 2.43 bits per heavy atom. The summed E-state index contributed by atoms with van der Waals surface area (Å²) in [6, 6.07) is 11.2. The van der Waals surface area contributed by atoms with Crippen LogP contribution in [0.3, 0.4) is 0 Å². The van der Waals surface area contributed by atoms with Gasteiger partial charge in [-0.2, -0.15) is 0 Å². The number of benzene rings is 2. The lowest BCUT2D eigenvalue weighted by Crippen LogP contribution is -2.10. The fourth-order valence-electron chi connectivity index (χ4n) is 3.15. The molecule has 0 fully saturated rings. The van der Waals surface area contributed by atoms with E-state index in [-0.39, 0.29) is 17.0 Å². The van der Waals surface area contributed by atoms with Crippen molar-refractivity contribution in [3.63, 3.8) is 0 Å². The molecule has 0 saturated carbocycles. The van der Waals surface area contributed by atoms with Crippen LogP contribution >= 0.6 is 23.2 Å². The lowest BCUT2D eigenvalue weighted by atomic mass is 9.87. The molecule has 1 N–H and O–H groups in total. The van der Waals surface area contributed by atoms with Gasteiger partial charge in [0.05, 0.1) is 17.1 Å². The Labute approximate surface area is 173 Å². The van der Waals surface area contributed by atoms with E-state index < -0.39 is 0 Å². The second-order valence-electron chi connectivity index (χ2n) is 7.68. The molecule has 3 aromatic rings. The first-order chi connectivity index (χ1) is 13.2. The van der Waals surface area contributed by atoms with Crippen LogP contribution in [0.25, 0.3) is 10.9 Å². The summed E-state index contributed by atoms with van der Waals surface area (Å²) in [5, 5.41) is 14.5. The Kier molecular flexibility index (Phi) is 5.87. The molecule has 0 radical (unpaired) electrons. The molecule has 0 bridgehead atoms. The zero-order chi connectivity index (χ0) is 20.5. The molecule has 0 unspecified atom stereocenters. The highest BCUT2D eigenvalue weighted by Crippen LogP contribution is 2.42. The molecule has 7 heteroatoms. The number of hydrogen-bond donors (Lipinski definition) is 1. The van der Waals surface area contributed by atoms with E-state index in [1.165, 1.54) is 5.56 Å². The van der Waals surface area contributed by atoms with Crippen LogP contribution in [0.4, 0.5) is 5.69 Å². The molecule has 0 atom stereocenters. The molecule has 0 spiro atoms. The van der Waals surface area contributed by atoms with Gasteiger partial charge in [-0.15, -0.1) is 4.91 Å². The van der Waals surface area contributed by atoms with Crippen LogP contribution in [0.2, 0.25) is 10.0 Å². The third-order valence-electron chi connectivity index (χ3n) is 4.63. The van der Waals surface area contributed by atoms with E-state index in [4.69, 9.17) is 27.9 Å². The number of aromatic nitrogens is 1. The van der Waals surface area contributed by atoms with E-state index in [9.17, 15) is 10.0 Å². The standard InChI is InChI=1S/C21H22Cl2N2O3/c1-21(2,3)13-5-7-15(8-6-13)28-10-4-9-25-19-16(18(24-27)20(25)26)11-14(22)12-17(19)23/h5-8,11-12,26H,4,9-10H2,1-3H3. The summed E-state index contributed by atoms with van der Waals surface area (Å²) in [4.78, 5) is 11.2. The molecule has 5 nitrogen and oxygen atoms in total. The highest BCUT2D eigenvalue weighted by Gasteiger charge is 2.20. The van der Waals surface area contributed by atoms with Gasteiger partial charge in [0.2, 0.25) is 5.88 Å². The van der Waals surface area contributed by atoms with Crippen LogP contribution in [-0.2, 0) is 12.0 Å². The van der Waals surface area contributed by atoms with Crippen molar-refractivity contribution in [2.75, 3.05) is 6.61 Å². The summed E-state index contributed by atoms with van der Waals surface area (Å²) < 4.78 is 7.36. The van der Waals surface area contributed by atoms with Crippen molar-refractivity contribution < 1.29 is 9.84 Å². The van der Waals surface area contributed by atoms with E-state index in [0.717, 1.165) is 5.75 Å². The number of fused-ring (bicyclic) bond motifs is 1. The van der Waals surface area contributed by atoms with Crippen LogP contribution in [0.5, 0.6) is 11.6 Å². The summed E-state index contributed by atoms with van der Waals surface area (Å²) in [5.74, 6) is 0.568. The summed E-state index contributed by atoms with van der Waals surface area (Å²) >= 11 is 12.3. The maximum atomic E-state index is 11.2. The molecule has 1 aromatic heterocycles. The van der Waals surface area contributed by atoms with Gasteiger partial charge in [0.15, 0.2) is 5.69 Å². The summed E-state index contributed by atoms with van der Waals surface area (Å²) in [6.07, 6.45) is 0.607. The number of nitrogens with zero attached hydrogens (tertiary/aromatic N) is 2. The third-order valence-corrected chi connectivity index (χ3v) is 5.13. The monoisotopic (exact) mass is 420 g/mol. The lowest BCUT2D eigenvalue weighted by molar-refractivity contribution is 0.298. The van der Waals surface area contributed by atoms with Crippen molar-refractivity contribution in [2.45, 2.75) is 39.2 Å². The van der Waals surface area contributed by atoms with Gasteiger partial charge in [-0.1, -0.05) is 56.1 Å². The van der Waals surface area contributed by atoms with Gasteiger partial charge < -0.3 is 14.4 Å². The normalized spacial score (nSPS) is 11.8. The zero-order valence-corrected chi connectivity index (χ0v) is 17.5. The van der Waals surface area contributed by atoms with Crippen molar-refractivity contribution in [2.24, 2.45) is 5.18 Å². The number of halogens is 2. The Morgan fingerprint density at radius 1 is 1.14 bits per heavy atom. The van der Waals surface area contributed by atoms with Crippen LogP contribution in [-0.4, -0.2) is 16.3 Å². The first-order valence-corrected chi connectivity index (χ1v) is 9.75. The largest absolute Gasteiger partial charge is 0.494 e. The van der Waals surface area contributed by atoms with Crippen molar-refractivity contribution in [3.8, 4) is 11.6 Å². The lowest BCUT2D eigenvalue weighted by Gasteiger charge is -2.19. The number of rotatable bonds is 6. The van der Waals surface area contributed by atoms with Crippen LogP contribution in [0, 0.1) is 4.91 Å².